The molecule has 1 N–H and O–H groups in total. The molecule has 1 amide bonds. The van der Waals surface area contributed by atoms with E-state index in [9.17, 15) is 9.59 Å². The molecule has 1 aromatic heterocycles. The van der Waals surface area contributed by atoms with Crippen LogP contribution < -0.4 is 10.1 Å². The van der Waals surface area contributed by atoms with E-state index in [1.54, 1.807) is 66.6 Å². The summed E-state index contributed by atoms with van der Waals surface area (Å²) in [5, 5.41) is 6.73. The predicted molar refractivity (Wildman–Crippen MR) is 102 cm³/mol. The van der Waals surface area contributed by atoms with Crippen LogP contribution in [0.1, 0.15) is 22.8 Å². The summed E-state index contributed by atoms with van der Waals surface area (Å²) in [6.07, 6.45) is 2.14. The zero-order chi connectivity index (χ0) is 19.9. The van der Waals surface area contributed by atoms with Gasteiger partial charge in [0.2, 0.25) is 0 Å². The van der Waals surface area contributed by atoms with E-state index in [4.69, 9.17) is 9.47 Å². The lowest BCUT2D eigenvalue weighted by Gasteiger charge is -2.14. The van der Waals surface area contributed by atoms with E-state index in [0.29, 0.717) is 23.5 Å². The van der Waals surface area contributed by atoms with Gasteiger partial charge in [0.15, 0.2) is 6.10 Å². The number of amides is 1. The fraction of sp³-hybridized carbons (Fsp3) is 0.200. The molecule has 8 heteroatoms. The summed E-state index contributed by atoms with van der Waals surface area (Å²) in [5.41, 5.74) is 1.92. The molecule has 1 heterocycles. The molecule has 2 aromatic carbocycles. The van der Waals surface area contributed by atoms with E-state index in [0.717, 1.165) is 5.56 Å². The molecule has 0 spiro atoms. The largest absolute Gasteiger partial charge is 0.497 e. The average molecular weight is 380 g/mol. The molecule has 0 saturated carbocycles. The van der Waals surface area contributed by atoms with Crippen LogP contribution in [0.15, 0.2) is 61.2 Å². The van der Waals surface area contributed by atoms with E-state index in [2.05, 4.69) is 15.4 Å². The molecule has 8 nitrogen and oxygen atoms in total. The molecule has 0 fully saturated rings. The van der Waals surface area contributed by atoms with Crippen LogP contribution >= 0.6 is 0 Å². The molecule has 3 rings (SSSR count). The van der Waals surface area contributed by atoms with Crippen LogP contribution in [-0.2, 0) is 16.1 Å². The first-order valence-corrected chi connectivity index (χ1v) is 8.62. The second-order valence-electron chi connectivity index (χ2n) is 6.06. The van der Waals surface area contributed by atoms with Crippen LogP contribution in [0.2, 0.25) is 0 Å². The van der Waals surface area contributed by atoms with Crippen molar-refractivity contribution in [2.75, 3.05) is 12.4 Å². The lowest BCUT2D eigenvalue weighted by Crippen LogP contribution is -2.30. The summed E-state index contributed by atoms with van der Waals surface area (Å²) >= 11 is 0. The molecular weight excluding hydrogens is 360 g/mol. The van der Waals surface area contributed by atoms with Gasteiger partial charge in [-0.1, -0.05) is 12.1 Å². The molecule has 0 aliphatic carbocycles. The monoisotopic (exact) mass is 380 g/mol. The molecule has 0 bridgehead atoms. The van der Waals surface area contributed by atoms with Gasteiger partial charge in [-0.2, -0.15) is 5.10 Å². The number of nitrogens with one attached hydrogen (secondary N) is 1. The molecule has 3 aromatic rings. The number of ether oxygens (including phenoxy) is 2. The van der Waals surface area contributed by atoms with E-state index >= 15 is 0 Å². The molecule has 0 aliphatic rings. The van der Waals surface area contributed by atoms with Gasteiger partial charge in [-0.3, -0.25) is 4.79 Å². The average Bonchev–Trinajstić information content (AvgIpc) is 3.22. The van der Waals surface area contributed by atoms with Gasteiger partial charge >= 0.3 is 5.97 Å². The SMILES string of the molecule is COc1ccc(NC(=O)[C@H](C)OC(=O)c2ccc(Cn3cncn3)cc2)cc1. The standard InChI is InChI=1S/C20H20N4O4/c1-14(19(25)23-17-7-9-18(27-2)10-8-17)28-20(26)16-5-3-15(4-6-16)11-24-13-21-12-22-24/h3-10,12-14H,11H2,1-2H3,(H,23,25)/t14-/m0/s1. The highest BCUT2D eigenvalue weighted by atomic mass is 16.5. The number of carbonyl (C=O) groups is 2. The molecule has 0 saturated heterocycles. The second-order valence-corrected chi connectivity index (χ2v) is 6.06. The third-order valence-electron chi connectivity index (χ3n) is 4.01. The van der Waals surface area contributed by atoms with Crippen molar-refractivity contribution in [1.29, 1.82) is 0 Å². The summed E-state index contributed by atoms with van der Waals surface area (Å²) in [4.78, 5) is 28.4. The van der Waals surface area contributed by atoms with Gasteiger partial charge in [0.1, 0.15) is 18.4 Å². The minimum absolute atomic E-state index is 0.367. The Morgan fingerprint density at radius 3 is 2.43 bits per heavy atom. The van der Waals surface area contributed by atoms with Gasteiger partial charge in [-0.15, -0.1) is 0 Å². The quantitative estimate of drug-likeness (QED) is 0.633. The molecule has 28 heavy (non-hydrogen) atoms. The fourth-order valence-corrected chi connectivity index (χ4v) is 2.45. The smallest absolute Gasteiger partial charge is 0.338 e. The number of esters is 1. The highest BCUT2D eigenvalue weighted by Crippen LogP contribution is 2.16. The normalized spacial score (nSPS) is 11.5. The van der Waals surface area contributed by atoms with Crippen LogP contribution in [0.5, 0.6) is 5.75 Å². The zero-order valence-corrected chi connectivity index (χ0v) is 15.5. The zero-order valence-electron chi connectivity index (χ0n) is 15.5. The lowest BCUT2D eigenvalue weighted by atomic mass is 10.1. The van der Waals surface area contributed by atoms with E-state index < -0.39 is 18.0 Å². The van der Waals surface area contributed by atoms with Crippen molar-refractivity contribution >= 4 is 17.6 Å². The number of anilines is 1. The predicted octanol–water partition coefficient (Wildman–Crippen LogP) is 2.52. The number of benzene rings is 2. The molecule has 144 valence electrons. The third-order valence-corrected chi connectivity index (χ3v) is 4.01. The first-order valence-electron chi connectivity index (χ1n) is 8.62. The van der Waals surface area contributed by atoms with Crippen molar-refractivity contribution in [2.45, 2.75) is 19.6 Å². The Hall–Kier alpha value is -3.68. The maximum atomic E-state index is 12.3. The number of hydrogen-bond acceptors (Lipinski definition) is 6. The van der Waals surface area contributed by atoms with E-state index in [1.807, 2.05) is 0 Å². The first-order chi connectivity index (χ1) is 13.5. The Labute approximate surface area is 162 Å². The van der Waals surface area contributed by atoms with Crippen molar-refractivity contribution in [3.63, 3.8) is 0 Å². The minimum Gasteiger partial charge on any atom is -0.497 e. The van der Waals surface area contributed by atoms with Gasteiger partial charge in [0, 0.05) is 5.69 Å². The number of hydrogen-bond donors (Lipinski definition) is 1. The van der Waals surface area contributed by atoms with Crippen molar-refractivity contribution in [3.05, 3.63) is 72.3 Å². The fourth-order valence-electron chi connectivity index (χ4n) is 2.45. The Balaban J connectivity index is 1.54. The van der Waals surface area contributed by atoms with Gasteiger partial charge in [-0.25, -0.2) is 14.5 Å². The molecule has 0 aliphatic heterocycles. The van der Waals surface area contributed by atoms with E-state index in [-0.39, 0.29) is 0 Å². The Morgan fingerprint density at radius 1 is 1.11 bits per heavy atom. The third kappa shape index (κ3) is 4.94. The highest BCUT2D eigenvalue weighted by Gasteiger charge is 2.19. The molecular formula is C20H20N4O4. The second kappa shape index (κ2) is 8.81. The molecule has 0 unspecified atom stereocenters. The van der Waals surface area contributed by atoms with Gasteiger partial charge < -0.3 is 14.8 Å². The van der Waals surface area contributed by atoms with Crippen molar-refractivity contribution in [1.82, 2.24) is 14.8 Å². The lowest BCUT2D eigenvalue weighted by molar-refractivity contribution is -0.123. The number of methoxy groups -OCH3 is 1. The summed E-state index contributed by atoms with van der Waals surface area (Å²) in [5.74, 6) is -0.296. The van der Waals surface area contributed by atoms with Crippen LogP contribution in [-0.4, -0.2) is 39.9 Å². The maximum absolute atomic E-state index is 12.3. The highest BCUT2D eigenvalue weighted by molar-refractivity contribution is 5.97. The summed E-state index contributed by atoms with van der Waals surface area (Å²) in [7, 11) is 1.57. The number of aromatic nitrogens is 3. The van der Waals surface area contributed by atoms with Crippen molar-refractivity contribution in [2.24, 2.45) is 0 Å². The molecule has 0 radical (unpaired) electrons. The van der Waals surface area contributed by atoms with E-state index in [1.165, 1.54) is 13.3 Å². The van der Waals surface area contributed by atoms with Gasteiger partial charge in [0.05, 0.1) is 19.2 Å². The Kier molecular flexibility index (Phi) is 6.01. The van der Waals surface area contributed by atoms with Crippen molar-refractivity contribution in [3.8, 4) is 5.75 Å². The van der Waals surface area contributed by atoms with Crippen LogP contribution in [0.4, 0.5) is 5.69 Å². The van der Waals surface area contributed by atoms with Crippen molar-refractivity contribution < 1.29 is 19.1 Å². The maximum Gasteiger partial charge on any atom is 0.338 e. The minimum atomic E-state index is -0.940. The summed E-state index contributed by atoms with van der Waals surface area (Å²) < 4.78 is 12.0. The molecule has 1 atom stereocenters. The number of carbonyl (C=O) groups excluding carboxylic acids is 2. The summed E-state index contributed by atoms with van der Waals surface area (Å²) in [6, 6.07) is 13.8. The number of nitrogens with zero attached hydrogens (tertiary/aromatic N) is 3. The topological polar surface area (TPSA) is 95.3 Å². The number of rotatable bonds is 7. The van der Waals surface area contributed by atoms with Gasteiger partial charge in [0.25, 0.3) is 5.91 Å². The van der Waals surface area contributed by atoms with Crippen LogP contribution in [0.25, 0.3) is 0 Å². The van der Waals surface area contributed by atoms with Crippen LogP contribution in [0, 0.1) is 0 Å². The first kappa shape index (κ1) is 19.1. The Morgan fingerprint density at radius 2 is 1.82 bits per heavy atom. The Bertz CT molecular complexity index is 922. The summed E-state index contributed by atoms with van der Waals surface area (Å²) in [6.45, 7) is 2.08. The van der Waals surface area contributed by atoms with Crippen LogP contribution in [0.3, 0.4) is 0 Å². The van der Waals surface area contributed by atoms with Gasteiger partial charge in [-0.05, 0) is 48.9 Å².